The molecule has 2 N–H and O–H groups in total. The molecule has 0 spiro atoms. The van der Waals surface area contributed by atoms with Gasteiger partial charge in [0, 0.05) is 11.3 Å². The van der Waals surface area contributed by atoms with Crippen molar-refractivity contribution in [3.05, 3.63) is 43.7 Å². The van der Waals surface area contributed by atoms with Crippen molar-refractivity contribution in [2.75, 3.05) is 12.3 Å². The highest BCUT2D eigenvalue weighted by Gasteiger charge is 2.08. The molecule has 0 aliphatic carbocycles. The Bertz CT molecular complexity index is 552. The molecule has 1 aromatic heterocycles. The van der Waals surface area contributed by atoms with Crippen molar-refractivity contribution in [3.8, 4) is 11.8 Å². The topological polar surface area (TPSA) is 59.0 Å². The summed E-state index contributed by atoms with van der Waals surface area (Å²) in [6, 6.07) is 9.60. The number of halogens is 1. The molecular weight excluding hydrogens is 359 g/mol. The number of benzene rings is 1. The van der Waals surface area contributed by atoms with Gasteiger partial charge in [0.15, 0.2) is 5.75 Å². The monoisotopic (exact) mass is 370 g/mol. The Kier molecular flexibility index (Phi) is 4.44. The van der Waals surface area contributed by atoms with E-state index in [-0.39, 0.29) is 0 Å². The van der Waals surface area contributed by atoms with Gasteiger partial charge in [-0.1, -0.05) is 6.07 Å². The number of hydrogen-bond acceptors (Lipinski definition) is 4. The van der Waals surface area contributed by atoms with Crippen LogP contribution >= 0.6 is 33.9 Å². The molecule has 1 aromatic carbocycles. The van der Waals surface area contributed by atoms with E-state index in [1.165, 1.54) is 4.88 Å². The fourth-order valence-corrected chi connectivity index (χ4v) is 3.03. The number of ether oxygens (including phenoxy) is 1. The van der Waals surface area contributed by atoms with Crippen LogP contribution in [0.15, 0.2) is 29.6 Å². The van der Waals surface area contributed by atoms with Crippen molar-refractivity contribution in [1.82, 2.24) is 0 Å². The van der Waals surface area contributed by atoms with Gasteiger partial charge >= 0.3 is 0 Å². The molecule has 18 heavy (non-hydrogen) atoms. The van der Waals surface area contributed by atoms with Gasteiger partial charge in [-0.05, 0) is 46.2 Å². The maximum Gasteiger partial charge on any atom is 0.155 e. The third-order valence-electron chi connectivity index (χ3n) is 2.38. The van der Waals surface area contributed by atoms with E-state index in [0.29, 0.717) is 23.6 Å². The zero-order valence-corrected chi connectivity index (χ0v) is 12.5. The lowest BCUT2D eigenvalue weighted by molar-refractivity contribution is 0.322. The van der Waals surface area contributed by atoms with Crippen molar-refractivity contribution in [2.45, 2.75) is 6.42 Å². The molecule has 0 bridgehead atoms. The lowest BCUT2D eigenvalue weighted by Crippen LogP contribution is -2.04. The van der Waals surface area contributed by atoms with Gasteiger partial charge < -0.3 is 10.5 Å². The molecule has 0 amide bonds. The standard InChI is InChI=1S/C13H11IN2OS/c14-11-6-9(8-15)7-12(16)13(11)17-4-3-10-2-1-5-18-10/h1-2,5-7H,3-4,16H2. The Hall–Kier alpha value is -1.26. The summed E-state index contributed by atoms with van der Waals surface area (Å²) in [7, 11) is 0. The summed E-state index contributed by atoms with van der Waals surface area (Å²) >= 11 is 3.85. The lowest BCUT2D eigenvalue weighted by Gasteiger charge is -2.10. The number of rotatable bonds is 4. The number of anilines is 1. The van der Waals surface area contributed by atoms with Gasteiger partial charge in [-0.15, -0.1) is 11.3 Å². The van der Waals surface area contributed by atoms with E-state index in [1.54, 1.807) is 23.5 Å². The average molecular weight is 370 g/mol. The van der Waals surface area contributed by atoms with Crippen molar-refractivity contribution in [1.29, 1.82) is 5.26 Å². The number of nitrogens with two attached hydrogens (primary N) is 1. The summed E-state index contributed by atoms with van der Waals surface area (Å²) in [4.78, 5) is 1.29. The van der Waals surface area contributed by atoms with Gasteiger partial charge in [0.1, 0.15) is 0 Å². The van der Waals surface area contributed by atoms with E-state index in [4.69, 9.17) is 15.7 Å². The molecule has 1 heterocycles. The predicted octanol–water partition coefficient (Wildman–Crippen LogP) is 3.43. The molecule has 0 aliphatic rings. The van der Waals surface area contributed by atoms with Crippen LogP contribution in [-0.4, -0.2) is 6.61 Å². The predicted molar refractivity (Wildman–Crippen MR) is 81.8 cm³/mol. The van der Waals surface area contributed by atoms with E-state index in [2.05, 4.69) is 40.1 Å². The summed E-state index contributed by atoms with van der Waals surface area (Å²) in [6.45, 7) is 0.590. The second kappa shape index (κ2) is 6.07. The normalized spacial score (nSPS) is 10.0. The highest BCUT2D eigenvalue weighted by atomic mass is 127. The fourth-order valence-electron chi connectivity index (χ4n) is 1.54. The quantitative estimate of drug-likeness (QED) is 0.663. The zero-order valence-electron chi connectivity index (χ0n) is 9.52. The number of thiophene rings is 1. The van der Waals surface area contributed by atoms with Crippen molar-refractivity contribution >= 4 is 39.6 Å². The Morgan fingerprint density at radius 3 is 2.89 bits per heavy atom. The Balaban J connectivity index is 2.03. The molecule has 0 fully saturated rings. The number of nitrogen functional groups attached to an aromatic ring is 1. The van der Waals surface area contributed by atoms with Gasteiger partial charge in [0.2, 0.25) is 0 Å². The van der Waals surface area contributed by atoms with E-state index in [9.17, 15) is 0 Å². The van der Waals surface area contributed by atoms with E-state index < -0.39 is 0 Å². The van der Waals surface area contributed by atoms with Gasteiger partial charge in [0.25, 0.3) is 0 Å². The lowest BCUT2D eigenvalue weighted by atomic mass is 10.2. The second-order valence-electron chi connectivity index (χ2n) is 3.67. The van der Waals surface area contributed by atoms with Crippen LogP contribution in [0.2, 0.25) is 0 Å². The zero-order chi connectivity index (χ0) is 13.0. The second-order valence-corrected chi connectivity index (χ2v) is 5.86. The molecule has 0 saturated carbocycles. The van der Waals surface area contributed by atoms with Crippen LogP contribution in [0.4, 0.5) is 5.69 Å². The molecule has 0 atom stereocenters. The molecule has 92 valence electrons. The van der Waals surface area contributed by atoms with Crippen LogP contribution in [0.1, 0.15) is 10.4 Å². The summed E-state index contributed by atoms with van der Waals surface area (Å²) in [5.74, 6) is 0.672. The molecule has 2 aromatic rings. The van der Waals surface area contributed by atoms with Gasteiger partial charge in [0.05, 0.1) is 27.5 Å². The fraction of sp³-hybridized carbons (Fsp3) is 0.154. The minimum absolute atomic E-state index is 0.518. The first-order valence-electron chi connectivity index (χ1n) is 5.35. The van der Waals surface area contributed by atoms with Crippen molar-refractivity contribution < 1.29 is 4.74 Å². The highest BCUT2D eigenvalue weighted by molar-refractivity contribution is 14.1. The highest BCUT2D eigenvalue weighted by Crippen LogP contribution is 2.29. The van der Waals surface area contributed by atoms with Crippen molar-refractivity contribution in [2.24, 2.45) is 0 Å². The van der Waals surface area contributed by atoms with Crippen LogP contribution < -0.4 is 10.5 Å². The van der Waals surface area contributed by atoms with Crippen LogP contribution in [-0.2, 0) is 6.42 Å². The molecule has 2 rings (SSSR count). The molecule has 3 nitrogen and oxygen atoms in total. The summed E-state index contributed by atoms with van der Waals surface area (Å²) in [5.41, 5.74) is 6.95. The van der Waals surface area contributed by atoms with Crippen molar-refractivity contribution in [3.63, 3.8) is 0 Å². The van der Waals surface area contributed by atoms with E-state index in [0.717, 1.165) is 9.99 Å². The molecule has 0 radical (unpaired) electrons. The third kappa shape index (κ3) is 3.15. The van der Waals surface area contributed by atoms with Crippen LogP contribution in [0.3, 0.4) is 0 Å². The van der Waals surface area contributed by atoms with Gasteiger partial charge in [-0.25, -0.2) is 0 Å². The Morgan fingerprint density at radius 2 is 2.28 bits per heavy atom. The Morgan fingerprint density at radius 1 is 1.44 bits per heavy atom. The smallest absolute Gasteiger partial charge is 0.155 e. The van der Waals surface area contributed by atoms with E-state index >= 15 is 0 Å². The van der Waals surface area contributed by atoms with Crippen LogP contribution in [0.5, 0.6) is 5.75 Å². The maximum absolute atomic E-state index is 8.83. The molecular formula is C13H11IN2OS. The number of nitrogens with zero attached hydrogens (tertiary/aromatic N) is 1. The maximum atomic E-state index is 8.83. The van der Waals surface area contributed by atoms with Gasteiger partial charge in [-0.2, -0.15) is 5.26 Å². The average Bonchev–Trinajstić information content (AvgIpc) is 2.85. The van der Waals surface area contributed by atoms with Gasteiger partial charge in [-0.3, -0.25) is 0 Å². The van der Waals surface area contributed by atoms with Crippen LogP contribution in [0.25, 0.3) is 0 Å². The van der Waals surface area contributed by atoms with E-state index in [1.807, 2.05) is 6.07 Å². The minimum Gasteiger partial charge on any atom is -0.490 e. The summed E-state index contributed by atoms with van der Waals surface area (Å²) in [6.07, 6.45) is 0.868. The third-order valence-corrected chi connectivity index (χ3v) is 4.11. The summed E-state index contributed by atoms with van der Waals surface area (Å²) in [5, 5.41) is 10.9. The SMILES string of the molecule is N#Cc1cc(N)c(OCCc2cccs2)c(I)c1. The Labute approximate surface area is 123 Å². The first-order valence-corrected chi connectivity index (χ1v) is 7.31. The summed E-state index contributed by atoms with van der Waals surface area (Å²) < 4.78 is 6.58. The largest absolute Gasteiger partial charge is 0.490 e. The molecule has 0 saturated heterocycles. The van der Waals surface area contributed by atoms with Crippen LogP contribution in [0, 0.1) is 14.9 Å². The first kappa shape index (κ1) is 13.2. The molecule has 5 heteroatoms. The minimum atomic E-state index is 0.518. The molecule has 0 unspecified atom stereocenters. The number of nitriles is 1. The number of hydrogen-bond donors (Lipinski definition) is 1. The molecule has 0 aliphatic heterocycles. The first-order chi connectivity index (χ1) is 8.70.